The van der Waals surface area contributed by atoms with Gasteiger partial charge in [-0.05, 0) is 31.0 Å². The van der Waals surface area contributed by atoms with Crippen LogP contribution in [0.2, 0.25) is 5.02 Å². The fraction of sp³-hybridized carbons (Fsp3) is 0.471. The predicted molar refractivity (Wildman–Crippen MR) is 91.2 cm³/mol. The number of carboxylic acids is 1. The molecule has 1 aromatic rings. The third kappa shape index (κ3) is 4.06. The Labute approximate surface area is 145 Å². The van der Waals surface area contributed by atoms with E-state index >= 15 is 0 Å². The van der Waals surface area contributed by atoms with Gasteiger partial charge in [0.05, 0.1) is 17.2 Å². The number of carbonyl (C=O) groups is 3. The Bertz CT molecular complexity index is 656. The molecule has 2 amide bonds. The van der Waals surface area contributed by atoms with Crippen molar-refractivity contribution in [2.75, 3.05) is 18.4 Å². The summed E-state index contributed by atoms with van der Waals surface area (Å²) in [6, 6.07) is 4.69. The molecule has 130 valence electrons. The smallest absolute Gasteiger partial charge is 0.307 e. The minimum atomic E-state index is -1.04. The molecular formula is C17H21ClN2O4. The molecule has 0 radical (unpaired) electrons. The number of anilines is 1. The van der Waals surface area contributed by atoms with E-state index in [1.54, 1.807) is 24.0 Å². The average molecular weight is 353 g/mol. The van der Waals surface area contributed by atoms with E-state index in [0.717, 1.165) is 12.8 Å². The first-order chi connectivity index (χ1) is 11.3. The van der Waals surface area contributed by atoms with Crippen LogP contribution < -0.4 is 5.32 Å². The van der Waals surface area contributed by atoms with E-state index in [9.17, 15) is 14.4 Å². The monoisotopic (exact) mass is 352 g/mol. The molecule has 2 rings (SSSR count). The van der Waals surface area contributed by atoms with Crippen LogP contribution in [0.3, 0.4) is 0 Å². The first-order valence-electron chi connectivity index (χ1n) is 7.93. The van der Waals surface area contributed by atoms with E-state index in [2.05, 4.69) is 5.32 Å². The second-order valence-electron chi connectivity index (χ2n) is 6.09. The van der Waals surface area contributed by atoms with Crippen molar-refractivity contribution in [1.82, 2.24) is 4.90 Å². The summed E-state index contributed by atoms with van der Waals surface area (Å²) in [5.74, 6) is -3.21. The van der Waals surface area contributed by atoms with Gasteiger partial charge in [-0.3, -0.25) is 14.4 Å². The Balaban J connectivity index is 2.22. The highest BCUT2D eigenvalue weighted by Crippen LogP contribution is 2.25. The van der Waals surface area contributed by atoms with Crippen LogP contribution >= 0.6 is 11.6 Å². The summed E-state index contributed by atoms with van der Waals surface area (Å²) in [5, 5.41) is 12.1. The van der Waals surface area contributed by atoms with Crippen molar-refractivity contribution in [3.05, 3.63) is 28.8 Å². The van der Waals surface area contributed by atoms with Gasteiger partial charge in [0.1, 0.15) is 0 Å². The minimum Gasteiger partial charge on any atom is -0.481 e. The number of nitrogens with one attached hydrogen (secondary N) is 1. The summed E-state index contributed by atoms with van der Waals surface area (Å²) < 4.78 is 0. The van der Waals surface area contributed by atoms with Crippen molar-refractivity contribution >= 4 is 35.1 Å². The number of rotatable bonds is 5. The summed E-state index contributed by atoms with van der Waals surface area (Å²) in [6.07, 6.45) is 1.92. The third-order valence-corrected chi connectivity index (χ3v) is 4.65. The molecule has 0 aliphatic carbocycles. The number of halogens is 1. The van der Waals surface area contributed by atoms with Crippen molar-refractivity contribution in [2.24, 2.45) is 11.8 Å². The van der Waals surface area contributed by atoms with E-state index in [-0.39, 0.29) is 5.91 Å². The molecule has 0 aromatic heterocycles. The Kier molecular flexibility index (Phi) is 5.83. The minimum absolute atomic E-state index is 0.177. The molecule has 1 aromatic carbocycles. The maximum absolute atomic E-state index is 12.6. The Hall–Kier alpha value is -2.08. The van der Waals surface area contributed by atoms with Gasteiger partial charge >= 0.3 is 5.97 Å². The van der Waals surface area contributed by atoms with Gasteiger partial charge < -0.3 is 15.3 Å². The van der Waals surface area contributed by atoms with Crippen molar-refractivity contribution in [3.63, 3.8) is 0 Å². The molecule has 1 saturated heterocycles. The van der Waals surface area contributed by atoms with Gasteiger partial charge in [-0.2, -0.15) is 0 Å². The number of hydrogen-bond acceptors (Lipinski definition) is 3. The maximum Gasteiger partial charge on any atom is 0.307 e. The molecule has 2 atom stereocenters. The average Bonchev–Trinajstić information content (AvgIpc) is 3.08. The molecular weight excluding hydrogens is 332 g/mol. The van der Waals surface area contributed by atoms with Gasteiger partial charge in [-0.15, -0.1) is 0 Å². The number of carbonyl (C=O) groups excluding carboxylic acids is 2. The van der Waals surface area contributed by atoms with E-state index in [1.807, 2.05) is 0 Å². The van der Waals surface area contributed by atoms with Gasteiger partial charge in [-0.1, -0.05) is 25.4 Å². The van der Waals surface area contributed by atoms with E-state index in [0.29, 0.717) is 29.4 Å². The lowest BCUT2D eigenvalue weighted by Gasteiger charge is -2.20. The van der Waals surface area contributed by atoms with Crippen LogP contribution in [0, 0.1) is 11.8 Å². The predicted octanol–water partition coefficient (Wildman–Crippen LogP) is 2.87. The van der Waals surface area contributed by atoms with Crippen LogP contribution in [0.1, 0.15) is 37.0 Å². The van der Waals surface area contributed by atoms with Crippen LogP contribution in [0.15, 0.2) is 18.2 Å². The van der Waals surface area contributed by atoms with E-state index < -0.39 is 23.7 Å². The van der Waals surface area contributed by atoms with Crippen molar-refractivity contribution in [3.8, 4) is 0 Å². The fourth-order valence-corrected chi connectivity index (χ4v) is 2.75. The summed E-state index contributed by atoms with van der Waals surface area (Å²) in [6.45, 7) is 4.40. The lowest BCUT2D eigenvalue weighted by Crippen LogP contribution is -2.32. The third-order valence-electron chi connectivity index (χ3n) is 4.42. The van der Waals surface area contributed by atoms with Gasteiger partial charge in [0.2, 0.25) is 5.91 Å². The van der Waals surface area contributed by atoms with E-state index in [1.165, 1.54) is 13.0 Å². The van der Waals surface area contributed by atoms with Crippen LogP contribution in [0.5, 0.6) is 0 Å². The summed E-state index contributed by atoms with van der Waals surface area (Å²) >= 11 is 6.00. The molecule has 24 heavy (non-hydrogen) atoms. The van der Waals surface area contributed by atoms with Crippen LogP contribution in [-0.4, -0.2) is 40.9 Å². The Morgan fingerprint density at radius 3 is 2.38 bits per heavy atom. The molecule has 0 spiro atoms. The first-order valence-corrected chi connectivity index (χ1v) is 8.31. The molecule has 0 saturated carbocycles. The number of benzene rings is 1. The molecule has 1 aliphatic rings. The van der Waals surface area contributed by atoms with Crippen LogP contribution in [0.25, 0.3) is 0 Å². The van der Waals surface area contributed by atoms with Gasteiger partial charge in [0, 0.05) is 24.0 Å². The molecule has 7 heteroatoms. The molecule has 0 bridgehead atoms. The molecule has 6 nitrogen and oxygen atoms in total. The molecule has 1 heterocycles. The number of nitrogens with zero attached hydrogens (tertiary/aromatic N) is 1. The highest BCUT2D eigenvalue weighted by molar-refractivity contribution is 6.31. The van der Waals surface area contributed by atoms with Crippen molar-refractivity contribution in [1.29, 1.82) is 0 Å². The number of hydrogen-bond donors (Lipinski definition) is 2. The van der Waals surface area contributed by atoms with Crippen LogP contribution in [0.4, 0.5) is 5.69 Å². The molecule has 2 N–H and O–H groups in total. The summed E-state index contributed by atoms with van der Waals surface area (Å²) in [7, 11) is 0. The second kappa shape index (κ2) is 7.66. The van der Waals surface area contributed by atoms with Gasteiger partial charge in [0.25, 0.3) is 5.91 Å². The highest BCUT2D eigenvalue weighted by atomic mass is 35.5. The normalized spacial score (nSPS) is 16.5. The number of aliphatic carboxylic acids is 1. The van der Waals surface area contributed by atoms with Crippen molar-refractivity contribution in [2.45, 2.75) is 26.7 Å². The summed E-state index contributed by atoms with van der Waals surface area (Å²) in [4.78, 5) is 37.7. The molecule has 1 fully saturated rings. The zero-order valence-corrected chi connectivity index (χ0v) is 14.5. The number of carboxylic acid groups (broad SMARTS) is 1. The zero-order valence-electron chi connectivity index (χ0n) is 13.7. The maximum atomic E-state index is 12.6. The van der Waals surface area contributed by atoms with Gasteiger partial charge in [0.15, 0.2) is 0 Å². The van der Waals surface area contributed by atoms with E-state index in [4.69, 9.17) is 16.7 Å². The SMILES string of the molecule is CC(C(=O)O)C(C)C(=O)Nc1ccc(Cl)cc1C(=O)N1CCCC1. The number of amides is 2. The molecule has 2 unspecified atom stereocenters. The molecule has 1 aliphatic heterocycles. The summed E-state index contributed by atoms with van der Waals surface area (Å²) in [5.41, 5.74) is 0.679. The van der Waals surface area contributed by atoms with Crippen molar-refractivity contribution < 1.29 is 19.5 Å². The quantitative estimate of drug-likeness (QED) is 0.853. The number of likely N-dealkylation sites (tertiary alicyclic amines) is 1. The first kappa shape index (κ1) is 18.3. The zero-order chi connectivity index (χ0) is 17.9. The topological polar surface area (TPSA) is 86.7 Å². The Morgan fingerprint density at radius 2 is 1.79 bits per heavy atom. The van der Waals surface area contributed by atoms with Gasteiger partial charge in [-0.25, -0.2) is 0 Å². The standard InChI is InChI=1S/C17H21ClN2O4/c1-10(11(2)17(23)24)15(21)19-14-6-5-12(18)9-13(14)16(22)20-7-3-4-8-20/h5-6,9-11H,3-4,7-8H2,1-2H3,(H,19,21)(H,23,24). The highest BCUT2D eigenvalue weighted by Gasteiger charge is 2.28. The fourth-order valence-electron chi connectivity index (χ4n) is 2.58. The Morgan fingerprint density at radius 1 is 1.17 bits per heavy atom. The van der Waals surface area contributed by atoms with Crippen LogP contribution in [-0.2, 0) is 9.59 Å². The largest absolute Gasteiger partial charge is 0.481 e. The lowest BCUT2D eigenvalue weighted by atomic mass is 9.95. The second-order valence-corrected chi connectivity index (χ2v) is 6.53. The lowest BCUT2D eigenvalue weighted by molar-refractivity contribution is -0.145.